The minimum absolute atomic E-state index is 0.122. The third-order valence-corrected chi connectivity index (χ3v) is 3.47. The summed E-state index contributed by atoms with van der Waals surface area (Å²) in [5.41, 5.74) is 0.584. The molecule has 1 rings (SSSR count). The number of aromatic carboxylic acids is 1. The van der Waals surface area contributed by atoms with E-state index in [2.05, 4.69) is 21.2 Å². The first-order chi connectivity index (χ1) is 9.02. The Morgan fingerprint density at radius 3 is 2.79 bits per heavy atom. The van der Waals surface area contributed by atoms with Crippen molar-refractivity contribution in [2.75, 3.05) is 30.5 Å². The van der Waals surface area contributed by atoms with Crippen LogP contribution in [0.15, 0.2) is 22.7 Å². The Morgan fingerprint density at radius 2 is 2.16 bits per heavy atom. The van der Waals surface area contributed by atoms with Gasteiger partial charge in [0.1, 0.15) is 0 Å². The van der Waals surface area contributed by atoms with Crippen LogP contribution < -0.4 is 5.32 Å². The number of nitrogens with one attached hydrogen (secondary N) is 1. The molecule has 2 N–H and O–H groups in total. The van der Waals surface area contributed by atoms with Gasteiger partial charge in [-0.2, -0.15) is 0 Å². The van der Waals surface area contributed by atoms with Crippen molar-refractivity contribution in [3.63, 3.8) is 0 Å². The number of benzene rings is 1. The molecule has 0 heterocycles. The Labute approximate surface area is 123 Å². The van der Waals surface area contributed by atoms with E-state index in [1.165, 1.54) is 23.9 Å². The number of hydrogen-bond acceptors (Lipinski definition) is 4. The first kappa shape index (κ1) is 16.0. The number of amides is 1. The van der Waals surface area contributed by atoms with Gasteiger partial charge in [-0.25, -0.2) is 4.79 Å². The molecule has 0 saturated heterocycles. The van der Waals surface area contributed by atoms with Gasteiger partial charge in [0.05, 0.1) is 17.9 Å². The molecular weight excluding hydrogens is 334 g/mol. The van der Waals surface area contributed by atoms with Crippen LogP contribution in [0.3, 0.4) is 0 Å². The Kier molecular flexibility index (Phi) is 6.90. The van der Waals surface area contributed by atoms with Crippen LogP contribution in [-0.2, 0) is 9.53 Å². The van der Waals surface area contributed by atoms with E-state index in [9.17, 15) is 9.59 Å². The molecule has 0 aliphatic heterocycles. The van der Waals surface area contributed by atoms with Gasteiger partial charge in [0.25, 0.3) is 0 Å². The topological polar surface area (TPSA) is 75.6 Å². The predicted octanol–water partition coefficient (Wildman–Crippen LogP) is 2.47. The van der Waals surface area contributed by atoms with Crippen LogP contribution in [-0.4, -0.2) is 42.2 Å². The lowest BCUT2D eigenvalue weighted by Crippen LogP contribution is -2.15. The average molecular weight is 348 g/mol. The fraction of sp³-hybridized carbons (Fsp3) is 0.333. The van der Waals surface area contributed by atoms with Crippen LogP contribution in [0.4, 0.5) is 5.69 Å². The molecule has 0 bridgehead atoms. The summed E-state index contributed by atoms with van der Waals surface area (Å²) in [6.07, 6.45) is 0. The molecule has 0 saturated carbocycles. The first-order valence-electron chi connectivity index (χ1n) is 5.43. The Morgan fingerprint density at radius 1 is 1.42 bits per heavy atom. The lowest BCUT2D eigenvalue weighted by molar-refractivity contribution is -0.113. The van der Waals surface area contributed by atoms with E-state index >= 15 is 0 Å². The second kappa shape index (κ2) is 8.19. The molecule has 19 heavy (non-hydrogen) atoms. The number of ether oxygens (including phenoxy) is 1. The molecule has 0 atom stereocenters. The lowest BCUT2D eigenvalue weighted by Gasteiger charge is -2.07. The minimum Gasteiger partial charge on any atom is -0.478 e. The molecule has 1 aromatic rings. The zero-order valence-electron chi connectivity index (χ0n) is 10.3. The maximum atomic E-state index is 11.6. The summed E-state index contributed by atoms with van der Waals surface area (Å²) >= 11 is 4.66. The second-order valence-electron chi connectivity index (χ2n) is 3.63. The molecule has 5 nitrogen and oxygen atoms in total. The predicted molar refractivity (Wildman–Crippen MR) is 78.9 cm³/mol. The summed E-state index contributed by atoms with van der Waals surface area (Å²) in [5, 5.41) is 11.6. The molecule has 0 fully saturated rings. The number of rotatable bonds is 7. The van der Waals surface area contributed by atoms with Crippen LogP contribution in [0.25, 0.3) is 0 Å². The van der Waals surface area contributed by atoms with Crippen molar-refractivity contribution in [1.82, 2.24) is 0 Å². The van der Waals surface area contributed by atoms with Crippen LogP contribution >= 0.6 is 27.7 Å². The molecule has 0 aliphatic carbocycles. The van der Waals surface area contributed by atoms with Crippen molar-refractivity contribution in [2.45, 2.75) is 0 Å². The number of methoxy groups -OCH3 is 1. The molecule has 0 aromatic heterocycles. The van der Waals surface area contributed by atoms with Crippen molar-refractivity contribution in [3.8, 4) is 0 Å². The highest BCUT2D eigenvalue weighted by atomic mass is 79.9. The monoisotopic (exact) mass is 347 g/mol. The van der Waals surface area contributed by atoms with Gasteiger partial charge in [-0.1, -0.05) is 15.9 Å². The number of carbonyl (C=O) groups is 2. The standard InChI is InChI=1S/C12H14BrNO4S/c1-18-2-3-19-7-11(15)14-10-5-8(12(16)17)4-9(13)6-10/h4-6H,2-3,7H2,1H3,(H,14,15)(H,16,17). The molecule has 1 aromatic carbocycles. The van der Waals surface area contributed by atoms with Crippen molar-refractivity contribution < 1.29 is 19.4 Å². The number of hydrogen-bond donors (Lipinski definition) is 2. The number of anilines is 1. The fourth-order valence-corrected chi connectivity index (χ4v) is 2.47. The summed E-state index contributed by atoms with van der Waals surface area (Å²) in [7, 11) is 1.61. The van der Waals surface area contributed by atoms with E-state index in [1.54, 1.807) is 13.2 Å². The lowest BCUT2D eigenvalue weighted by atomic mass is 10.2. The SMILES string of the molecule is COCCSCC(=O)Nc1cc(Br)cc(C(=O)O)c1. The molecule has 0 aliphatic rings. The highest BCUT2D eigenvalue weighted by Crippen LogP contribution is 2.20. The van der Waals surface area contributed by atoms with Crippen molar-refractivity contribution in [1.29, 1.82) is 0 Å². The minimum atomic E-state index is -1.04. The summed E-state index contributed by atoms with van der Waals surface area (Å²) in [5.74, 6) is -0.164. The summed E-state index contributed by atoms with van der Waals surface area (Å²) in [6.45, 7) is 0.595. The summed E-state index contributed by atoms with van der Waals surface area (Å²) in [4.78, 5) is 22.5. The third kappa shape index (κ3) is 6.09. The zero-order valence-corrected chi connectivity index (χ0v) is 12.7. The normalized spacial score (nSPS) is 10.2. The number of thioether (sulfide) groups is 1. The molecule has 0 unspecified atom stereocenters. The van der Waals surface area contributed by atoms with E-state index in [0.29, 0.717) is 22.5 Å². The number of carboxylic acids is 1. The van der Waals surface area contributed by atoms with Crippen LogP contribution in [0.1, 0.15) is 10.4 Å². The van der Waals surface area contributed by atoms with E-state index in [0.717, 1.165) is 5.75 Å². The molecule has 1 amide bonds. The van der Waals surface area contributed by atoms with Gasteiger partial charge in [-0.05, 0) is 18.2 Å². The fourth-order valence-electron chi connectivity index (χ4n) is 1.29. The average Bonchev–Trinajstić information content (AvgIpc) is 2.34. The quantitative estimate of drug-likeness (QED) is 0.741. The van der Waals surface area contributed by atoms with Gasteiger partial charge in [-0.15, -0.1) is 11.8 Å². The van der Waals surface area contributed by atoms with E-state index in [4.69, 9.17) is 9.84 Å². The van der Waals surface area contributed by atoms with Crippen LogP contribution in [0, 0.1) is 0 Å². The Bertz CT molecular complexity index is 467. The van der Waals surface area contributed by atoms with E-state index in [1.807, 2.05) is 0 Å². The maximum Gasteiger partial charge on any atom is 0.335 e. The summed E-state index contributed by atoms with van der Waals surface area (Å²) in [6, 6.07) is 4.56. The molecule has 0 spiro atoms. The number of carboxylic acid groups (broad SMARTS) is 1. The van der Waals surface area contributed by atoms with Gasteiger partial charge >= 0.3 is 5.97 Å². The zero-order chi connectivity index (χ0) is 14.3. The Hall–Kier alpha value is -1.05. The van der Waals surface area contributed by atoms with Crippen molar-refractivity contribution >= 4 is 45.3 Å². The highest BCUT2D eigenvalue weighted by Gasteiger charge is 2.08. The van der Waals surface area contributed by atoms with Crippen molar-refractivity contribution in [2.24, 2.45) is 0 Å². The van der Waals surface area contributed by atoms with Gasteiger partial charge in [-0.3, -0.25) is 4.79 Å². The van der Waals surface area contributed by atoms with Gasteiger partial charge in [0, 0.05) is 23.0 Å². The molecular formula is C12H14BrNO4S. The number of halogens is 1. The van der Waals surface area contributed by atoms with E-state index in [-0.39, 0.29) is 11.5 Å². The van der Waals surface area contributed by atoms with Gasteiger partial charge < -0.3 is 15.2 Å². The molecule has 104 valence electrons. The molecule has 7 heteroatoms. The van der Waals surface area contributed by atoms with Crippen LogP contribution in [0.5, 0.6) is 0 Å². The highest BCUT2D eigenvalue weighted by molar-refractivity contribution is 9.10. The largest absolute Gasteiger partial charge is 0.478 e. The second-order valence-corrected chi connectivity index (χ2v) is 5.65. The third-order valence-electron chi connectivity index (χ3n) is 2.09. The first-order valence-corrected chi connectivity index (χ1v) is 7.38. The Balaban J connectivity index is 2.56. The van der Waals surface area contributed by atoms with Crippen molar-refractivity contribution in [3.05, 3.63) is 28.2 Å². The summed E-state index contributed by atoms with van der Waals surface area (Å²) < 4.78 is 5.48. The maximum absolute atomic E-state index is 11.6. The number of carbonyl (C=O) groups excluding carboxylic acids is 1. The van der Waals surface area contributed by atoms with E-state index < -0.39 is 5.97 Å². The van der Waals surface area contributed by atoms with Gasteiger partial charge in [0.15, 0.2) is 0 Å². The smallest absolute Gasteiger partial charge is 0.335 e. The molecule has 0 radical (unpaired) electrons. The van der Waals surface area contributed by atoms with Gasteiger partial charge in [0.2, 0.25) is 5.91 Å². The van der Waals surface area contributed by atoms with Crippen LogP contribution in [0.2, 0.25) is 0 Å².